The second-order valence-corrected chi connectivity index (χ2v) is 9.79. The van der Waals surface area contributed by atoms with Gasteiger partial charge >= 0.3 is 0 Å². The van der Waals surface area contributed by atoms with Gasteiger partial charge in [-0.2, -0.15) is 4.98 Å². The highest BCUT2D eigenvalue weighted by Crippen LogP contribution is 2.34. The zero-order chi connectivity index (χ0) is 22.9. The van der Waals surface area contributed by atoms with E-state index in [0.29, 0.717) is 19.0 Å². The first kappa shape index (κ1) is 22.3. The minimum atomic E-state index is -0.0611. The van der Waals surface area contributed by atoms with Crippen molar-refractivity contribution in [2.24, 2.45) is 5.16 Å². The molecule has 0 saturated carbocycles. The monoisotopic (exact) mass is 504 g/mol. The molecular formula is C22H22Cl2N6O2S. The van der Waals surface area contributed by atoms with Crippen LogP contribution in [0.2, 0.25) is 10.6 Å². The number of nitrogens with zero attached hydrogens (tertiary/aromatic N) is 6. The molecule has 2 aliphatic heterocycles. The number of hydrogen-bond donors (Lipinski definition) is 0. The van der Waals surface area contributed by atoms with Crippen LogP contribution in [0.5, 0.6) is 0 Å². The van der Waals surface area contributed by atoms with E-state index in [2.05, 4.69) is 39.7 Å². The quantitative estimate of drug-likeness (QED) is 0.505. The lowest BCUT2D eigenvalue weighted by Crippen LogP contribution is -2.39. The number of benzene rings is 1. The number of carbonyl (C=O) groups excluding carboxylic acids is 1. The van der Waals surface area contributed by atoms with Crippen LogP contribution in [0, 0.1) is 6.92 Å². The molecule has 1 saturated heterocycles. The second-order valence-electron chi connectivity index (χ2n) is 8.23. The van der Waals surface area contributed by atoms with Crippen LogP contribution < -0.4 is 0 Å². The van der Waals surface area contributed by atoms with Crippen molar-refractivity contribution in [1.82, 2.24) is 24.6 Å². The fourth-order valence-electron chi connectivity index (χ4n) is 4.25. The number of thiazole rings is 1. The summed E-state index contributed by atoms with van der Waals surface area (Å²) in [7, 11) is 0. The predicted molar refractivity (Wildman–Crippen MR) is 127 cm³/mol. The SMILES string of the molecule is Cc1ccccc1C1CC(c2csc(C3CCN(C(=O)Cn4nc(Cl)nc4Cl)CC3)n2)=NO1. The Kier molecular flexibility index (Phi) is 6.36. The summed E-state index contributed by atoms with van der Waals surface area (Å²) in [6.45, 7) is 3.45. The van der Waals surface area contributed by atoms with E-state index in [-0.39, 0.29) is 29.1 Å². The second kappa shape index (κ2) is 9.40. The van der Waals surface area contributed by atoms with Gasteiger partial charge in [0.15, 0.2) is 6.10 Å². The standard InChI is InChI=1S/C22H22Cl2N6O2S/c1-13-4-2-3-5-15(13)18-10-16(28-32-18)17-12-33-20(25-17)14-6-8-29(9-7-14)19(31)11-30-22(24)26-21(23)27-30/h2-5,12,14,18H,6-11H2,1H3. The van der Waals surface area contributed by atoms with E-state index in [1.54, 1.807) is 11.3 Å². The third-order valence-corrected chi connectivity index (χ3v) is 7.55. The Bertz CT molecular complexity index is 1200. The maximum absolute atomic E-state index is 12.6. The molecule has 3 aromatic rings. The largest absolute Gasteiger partial charge is 0.387 e. The first-order chi connectivity index (χ1) is 16.0. The van der Waals surface area contributed by atoms with Crippen LogP contribution in [0.4, 0.5) is 0 Å². The van der Waals surface area contributed by atoms with Crippen molar-refractivity contribution in [3.63, 3.8) is 0 Å². The lowest BCUT2D eigenvalue weighted by atomic mass is 9.97. The van der Waals surface area contributed by atoms with Gasteiger partial charge in [-0.3, -0.25) is 4.79 Å². The number of oxime groups is 1. The molecular weight excluding hydrogens is 483 g/mol. The third-order valence-electron chi connectivity index (χ3n) is 6.10. The molecule has 1 atom stereocenters. The van der Waals surface area contributed by atoms with Crippen molar-refractivity contribution < 1.29 is 9.63 Å². The average Bonchev–Trinajstić information content (AvgIpc) is 3.54. The molecule has 0 bridgehead atoms. The highest BCUT2D eigenvalue weighted by Gasteiger charge is 2.29. The van der Waals surface area contributed by atoms with Gasteiger partial charge in [-0.15, -0.1) is 16.4 Å². The molecule has 8 nitrogen and oxygen atoms in total. The van der Waals surface area contributed by atoms with Crippen molar-refractivity contribution in [1.29, 1.82) is 0 Å². The Morgan fingerprint density at radius 3 is 2.73 bits per heavy atom. The summed E-state index contributed by atoms with van der Waals surface area (Å²) in [4.78, 5) is 28.8. The summed E-state index contributed by atoms with van der Waals surface area (Å²) in [6, 6.07) is 8.23. The predicted octanol–water partition coefficient (Wildman–Crippen LogP) is 4.62. The smallest absolute Gasteiger partial charge is 0.244 e. The minimum Gasteiger partial charge on any atom is -0.387 e. The molecule has 33 heavy (non-hydrogen) atoms. The third kappa shape index (κ3) is 4.76. The molecule has 172 valence electrons. The zero-order valence-corrected chi connectivity index (χ0v) is 20.3. The van der Waals surface area contributed by atoms with Crippen molar-refractivity contribution in [3.8, 4) is 0 Å². The fourth-order valence-corrected chi connectivity index (χ4v) is 5.65. The highest BCUT2D eigenvalue weighted by atomic mass is 35.5. The number of likely N-dealkylation sites (tertiary alicyclic amines) is 1. The Morgan fingerprint density at radius 1 is 1.21 bits per heavy atom. The average molecular weight is 505 g/mol. The molecule has 0 aliphatic carbocycles. The van der Waals surface area contributed by atoms with Crippen LogP contribution in [0.25, 0.3) is 0 Å². The minimum absolute atomic E-state index is 0.0342. The first-order valence-corrected chi connectivity index (χ1v) is 12.4. The number of piperidine rings is 1. The number of hydrogen-bond acceptors (Lipinski definition) is 7. The summed E-state index contributed by atoms with van der Waals surface area (Å²) < 4.78 is 1.32. The summed E-state index contributed by atoms with van der Waals surface area (Å²) in [6.07, 6.45) is 2.38. The van der Waals surface area contributed by atoms with Gasteiger partial charge in [-0.05, 0) is 54.1 Å². The lowest BCUT2D eigenvalue weighted by Gasteiger charge is -2.31. The molecule has 4 heterocycles. The van der Waals surface area contributed by atoms with Gasteiger partial charge in [0.05, 0.1) is 10.7 Å². The molecule has 0 N–H and O–H groups in total. The van der Waals surface area contributed by atoms with Crippen LogP contribution in [0.15, 0.2) is 34.8 Å². The van der Waals surface area contributed by atoms with Crippen LogP contribution in [-0.4, -0.2) is 49.4 Å². The Hall–Kier alpha value is -2.49. The van der Waals surface area contributed by atoms with E-state index in [4.69, 9.17) is 33.0 Å². The number of rotatable bonds is 5. The van der Waals surface area contributed by atoms with Crippen LogP contribution >= 0.6 is 34.5 Å². The number of carbonyl (C=O) groups is 1. The molecule has 2 aromatic heterocycles. The first-order valence-electron chi connectivity index (χ1n) is 10.8. The van der Waals surface area contributed by atoms with Crippen LogP contribution in [-0.2, 0) is 16.2 Å². The normalized spacial score (nSPS) is 18.9. The number of halogens is 2. The maximum Gasteiger partial charge on any atom is 0.244 e. The van der Waals surface area contributed by atoms with E-state index in [1.807, 2.05) is 17.0 Å². The Labute approximate surface area is 205 Å². The van der Waals surface area contributed by atoms with E-state index in [1.165, 1.54) is 10.2 Å². The molecule has 1 aromatic carbocycles. The van der Waals surface area contributed by atoms with Crippen molar-refractivity contribution in [2.45, 2.75) is 44.8 Å². The molecule has 0 spiro atoms. The van der Waals surface area contributed by atoms with E-state index < -0.39 is 0 Å². The van der Waals surface area contributed by atoms with Crippen molar-refractivity contribution in [3.05, 3.63) is 62.0 Å². The van der Waals surface area contributed by atoms with Crippen molar-refractivity contribution >= 4 is 46.2 Å². The molecule has 1 fully saturated rings. The summed E-state index contributed by atoms with van der Waals surface area (Å²) >= 11 is 13.3. The molecule has 5 rings (SSSR count). The topological polar surface area (TPSA) is 85.5 Å². The molecule has 0 radical (unpaired) electrons. The van der Waals surface area contributed by atoms with E-state index >= 15 is 0 Å². The molecule has 11 heteroatoms. The summed E-state index contributed by atoms with van der Waals surface area (Å²) in [5.41, 5.74) is 4.15. The van der Waals surface area contributed by atoms with Crippen molar-refractivity contribution in [2.75, 3.05) is 13.1 Å². The van der Waals surface area contributed by atoms with E-state index in [0.717, 1.165) is 41.2 Å². The van der Waals surface area contributed by atoms with E-state index in [9.17, 15) is 4.79 Å². The van der Waals surface area contributed by atoms with Gasteiger partial charge in [0.2, 0.25) is 16.5 Å². The molecule has 2 aliphatic rings. The van der Waals surface area contributed by atoms with Gasteiger partial charge in [0, 0.05) is 30.8 Å². The van der Waals surface area contributed by atoms with Gasteiger partial charge < -0.3 is 9.74 Å². The fraction of sp³-hybridized carbons (Fsp3) is 0.409. The van der Waals surface area contributed by atoms with Crippen LogP contribution in [0.1, 0.15) is 53.1 Å². The van der Waals surface area contributed by atoms with Crippen LogP contribution in [0.3, 0.4) is 0 Å². The maximum atomic E-state index is 12.6. The Morgan fingerprint density at radius 2 is 2.00 bits per heavy atom. The number of aromatic nitrogens is 4. The number of amides is 1. The summed E-state index contributed by atoms with van der Waals surface area (Å²) in [5, 5.41) is 11.6. The lowest BCUT2D eigenvalue weighted by molar-refractivity contribution is -0.133. The zero-order valence-electron chi connectivity index (χ0n) is 17.9. The molecule has 1 unspecified atom stereocenters. The van der Waals surface area contributed by atoms with Gasteiger partial charge in [0.1, 0.15) is 12.3 Å². The highest BCUT2D eigenvalue weighted by molar-refractivity contribution is 7.10. The van der Waals surface area contributed by atoms with Gasteiger partial charge in [-0.25, -0.2) is 9.67 Å². The number of aryl methyl sites for hydroxylation is 1. The van der Waals surface area contributed by atoms with Gasteiger partial charge in [0.25, 0.3) is 0 Å². The van der Waals surface area contributed by atoms with Gasteiger partial charge in [-0.1, -0.05) is 29.4 Å². The summed E-state index contributed by atoms with van der Waals surface area (Å²) in [5.74, 6) is 0.281. The molecule has 1 amide bonds. The Balaban J connectivity index is 1.17.